The van der Waals surface area contributed by atoms with Gasteiger partial charge in [0.15, 0.2) is 0 Å². The first-order valence-corrected chi connectivity index (χ1v) is 8.52. The standard InChI is InChI=1S/C17H34N2/c1-5-14-9-11-19(12-14)13-15-8-7-10-17(3,4)16(15)18-6-2/h14-16,18H,5-13H2,1-4H3. The highest BCUT2D eigenvalue weighted by Crippen LogP contribution is 2.39. The van der Waals surface area contributed by atoms with Crippen molar-refractivity contribution < 1.29 is 0 Å². The molecular weight excluding hydrogens is 232 g/mol. The van der Waals surface area contributed by atoms with Gasteiger partial charge in [-0.15, -0.1) is 0 Å². The summed E-state index contributed by atoms with van der Waals surface area (Å²) in [5, 5.41) is 3.80. The minimum absolute atomic E-state index is 0.475. The molecular formula is C17H34N2. The van der Waals surface area contributed by atoms with E-state index in [1.165, 1.54) is 51.7 Å². The van der Waals surface area contributed by atoms with E-state index >= 15 is 0 Å². The highest BCUT2D eigenvalue weighted by molar-refractivity contribution is 4.95. The van der Waals surface area contributed by atoms with E-state index in [9.17, 15) is 0 Å². The Morgan fingerprint density at radius 1 is 1.21 bits per heavy atom. The van der Waals surface area contributed by atoms with Crippen molar-refractivity contribution >= 4 is 0 Å². The molecule has 3 unspecified atom stereocenters. The van der Waals surface area contributed by atoms with Crippen LogP contribution in [0.2, 0.25) is 0 Å². The lowest BCUT2D eigenvalue weighted by Gasteiger charge is -2.45. The van der Waals surface area contributed by atoms with Crippen LogP contribution in [0.1, 0.15) is 59.8 Å². The highest BCUT2D eigenvalue weighted by Gasteiger charge is 2.39. The summed E-state index contributed by atoms with van der Waals surface area (Å²) >= 11 is 0. The lowest BCUT2D eigenvalue weighted by Crippen LogP contribution is -2.52. The van der Waals surface area contributed by atoms with Crippen molar-refractivity contribution in [3.63, 3.8) is 0 Å². The fraction of sp³-hybridized carbons (Fsp3) is 1.00. The lowest BCUT2D eigenvalue weighted by molar-refractivity contribution is 0.0850. The average Bonchev–Trinajstić information content (AvgIpc) is 2.81. The van der Waals surface area contributed by atoms with Gasteiger partial charge in [-0.25, -0.2) is 0 Å². The van der Waals surface area contributed by atoms with Crippen LogP contribution in [0, 0.1) is 17.3 Å². The zero-order chi connectivity index (χ0) is 13.9. The molecule has 2 fully saturated rings. The predicted molar refractivity (Wildman–Crippen MR) is 83.4 cm³/mol. The smallest absolute Gasteiger partial charge is 0.0159 e. The Kier molecular flexibility index (Phi) is 5.30. The van der Waals surface area contributed by atoms with Crippen molar-refractivity contribution in [2.24, 2.45) is 17.3 Å². The predicted octanol–water partition coefficient (Wildman–Crippen LogP) is 3.52. The largest absolute Gasteiger partial charge is 0.313 e. The van der Waals surface area contributed by atoms with Crippen molar-refractivity contribution in [1.29, 1.82) is 0 Å². The molecule has 112 valence electrons. The van der Waals surface area contributed by atoms with E-state index in [0.29, 0.717) is 11.5 Å². The van der Waals surface area contributed by atoms with Crippen LogP contribution in [0.3, 0.4) is 0 Å². The van der Waals surface area contributed by atoms with Crippen LogP contribution >= 0.6 is 0 Å². The van der Waals surface area contributed by atoms with E-state index in [2.05, 4.69) is 37.9 Å². The summed E-state index contributed by atoms with van der Waals surface area (Å²) in [4.78, 5) is 2.74. The SMILES string of the molecule is CCNC1C(CN2CCC(CC)C2)CCCC1(C)C. The Bertz CT molecular complexity index is 274. The van der Waals surface area contributed by atoms with E-state index < -0.39 is 0 Å². The molecule has 0 aromatic carbocycles. The molecule has 0 bridgehead atoms. The maximum absolute atomic E-state index is 3.80. The molecule has 1 aliphatic carbocycles. The van der Waals surface area contributed by atoms with Crippen molar-refractivity contribution in [3.05, 3.63) is 0 Å². The van der Waals surface area contributed by atoms with E-state index in [-0.39, 0.29) is 0 Å². The van der Waals surface area contributed by atoms with Gasteiger partial charge in [-0.05, 0) is 49.6 Å². The molecule has 1 saturated heterocycles. The number of hydrogen-bond donors (Lipinski definition) is 1. The third-order valence-corrected chi connectivity index (χ3v) is 5.57. The minimum atomic E-state index is 0.475. The van der Waals surface area contributed by atoms with Gasteiger partial charge in [0.25, 0.3) is 0 Å². The Hall–Kier alpha value is -0.0800. The molecule has 0 aromatic rings. The first kappa shape index (κ1) is 15.3. The third-order valence-electron chi connectivity index (χ3n) is 5.57. The molecule has 2 rings (SSSR count). The number of hydrogen-bond acceptors (Lipinski definition) is 2. The molecule has 0 amide bonds. The maximum Gasteiger partial charge on any atom is 0.0159 e. The Morgan fingerprint density at radius 2 is 2.00 bits per heavy atom. The third kappa shape index (κ3) is 3.72. The normalized spacial score (nSPS) is 35.7. The quantitative estimate of drug-likeness (QED) is 0.819. The maximum atomic E-state index is 3.80. The highest BCUT2D eigenvalue weighted by atomic mass is 15.2. The van der Waals surface area contributed by atoms with Crippen LogP contribution in [0.4, 0.5) is 0 Å². The zero-order valence-electron chi connectivity index (χ0n) is 13.5. The topological polar surface area (TPSA) is 15.3 Å². The molecule has 19 heavy (non-hydrogen) atoms. The Balaban J connectivity index is 1.93. The van der Waals surface area contributed by atoms with Gasteiger partial charge in [0.1, 0.15) is 0 Å². The van der Waals surface area contributed by atoms with E-state index in [1.807, 2.05) is 0 Å². The summed E-state index contributed by atoms with van der Waals surface area (Å²) in [6.07, 6.45) is 7.03. The van der Waals surface area contributed by atoms with Gasteiger partial charge in [-0.3, -0.25) is 0 Å². The van der Waals surface area contributed by atoms with E-state index in [0.717, 1.165) is 18.4 Å². The fourth-order valence-electron chi connectivity index (χ4n) is 4.38. The molecule has 1 N–H and O–H groups in total. The van der Waals surface area contributed by atoms with Gasteiger partial charge in [-0.1, -0.05) is 40.5 Å². The molecule has 2 aliphatic rings. The molecule has 1 saturated carbocycles. The second-order valence-corrected chi connectivity index (χ2v) is 7.50. The summed E-state index contributed by atoms with van der Waals surface area (Å²) in [6.45, 7) is 14.7. The Labute approximate surface area is 120 Å². The van der Waals surface area contributed by atoms with Gasteiger partial charge in [0.2, 0.25) is 0 Å². The summed E-state index contributed by atoms with van der Waals surface area (Å²) in [5.74, 6) is 1.83. The van der Waals surface area contributed by atoms with Crippen LogP contribution in [-0.2, 0) is 0 Å². The Morgan fingerprint density at radius 3 is 2.63 bits per heavy atom. The number of rotatable bonds is 5. The summed E-state index contributed by atoms with van der Waals surface area (Å²) in [5.41, 5.74) is 0.475. The van der Waals surface area contributed by atoms with E-state index in [1.54, 1.807) is 0 Å². The van der Waals surface area contributed by atoms with Crippen molar-refractivity contribution in [2.45, 2.75) is 65.8 Å². The first-order chi connectivity index (χ1) is 9.06. The van der Waals surface area contributed by atoms with Crippen LogP contribution in [0.5, 0.6) is 0 Å². The number of nitrogens with one attached hydrogen (secondary N) is 1. The number of nitrogens with zero attached hydrogens (tertiary/aromatic N) is 1. The summed E-state index contributed by atoms with van der Waals surface area (Å²) in [6, 6.07) is 0.715. The van der Waals surface area contributed by atoms with Gasteiger partial charge >= 0.3 is 0 Å². The fourth-order valence-corrected chi connectivity index (χ4v) is 4.38. The first-order valence-electron chi connectivity index (χ1n) is 8.52. The molecule has 1 aliphatic heterocycles. The van der Waals surface area contributed by atoms with Gasteiger partial charge < -0.3 is 10.2 Å². The monoisotopic (exact) mass is 266 g/mol. The second kappa shape index (κ2) is 6.58. The van der Waals surface area contributed by atoms with Gasteiger partial charge in [0, 0.05) is 19.1 Å². The summed E-state index contributed by atoms with van der Waals surface area (Å²) in [7, 11) is 0. The van der Waals surface area contributed by atoms with Crippen molar-refractivity contribution in [2.75, 3.05) is 26.2 Å². The molecule has 2 heteroatoms. The molecule has 0 spiro atoms. The lowest BCUT2D eigenvalue weighted by atomic mass is 9.67. The van der Waals surface area contributed by atoms with Gasteiger partial charge in [0.05, 0.1) is 0 Å². The molecule has 1 heterocycles. The average molecular weight is 266 g/mol. The zero-order valence-corrected chi connectivity index (χ0v) is 13.5. The van der Waals surface area contributed by atoms with Crippen molar-refractivity contribution in [3.8, 4) is 0 Å². The minimum Gasteiger partial charge on any atom is -0.313 e. The van der Waals surface area contributed by atoms with Crippen molar-refractivity contribution in [1.82, 2.24) is 10.2 Å². The van der Waals surface area contributed by atoms with Crippen LogP contribution in [-0.4, -0.2) is 37.1 Å². The molecule has 2 nitrogen and oxygen atoms in total. The second-order valence-electron chi connectivity index (χ2n) is 7.50. The van der Waals surface area contributed by atoms with Crippen LogP contribution in [0.15, 0.2) is 0 Å². The molecule has 3 atom stereocenters. The van der Waals surface area contributed by atoms with Crippen LogP contribution in [0.25, 0.3) is 0 Å². The van der Waals surface area contributed by atoms with E-state index in [4.69, 9.17) is 0 Å². The molecule has 0 aromatic heterocycles. The number of likely N-dealkylation sites (tertiary alicyclic amines) is 1. The van der Waals surface area contributed by atoms with Gasteiger partial charge in [-0.2, -0.15) is 0 Å². The summed E-state index contributed by atoms with van der Waals surface area (Å²) < 4.78 is 0. The van der Waals surface area contributed by atoms with Crippen LogP contribution < -0.4 is 5.32 Å². The molecule has 0 radical (unpaired) electrons.